The second kappa shape index (κ2) is 6.38. The lowest BCUT2D eigenvalue weighted by molar-refractivity contribution is 0.233. The van der Waals surface area contributed by atoms with E-state index in [1.165, 1.54) is 52.0 Å². The van der Waals surface area contributed by atoms with Gasteiger partial charge in [-0.05, 0) is 64.0 Å². The van der Waals surface area contributed by atoms with Gasteiger partial charge in [0.05, 0.1) is 0 Å². The lowest BCUT2D eigenvalue weighted by atomic mass is 9.97. The zero-order chi connectivity index (χ0) is 13.1. The van der Waals surface area contributed by atoms with Gasteiger partial charge in [-0.2, -0.15) is 0 Å². The molecule has 2 aliphatic rings. The van der Waals surface area contributed by atoms with E-state index in [9.17, 15) is 0 Å². The van der Waals surface area contributed by atoms with Crippen molar-refractivity contribution in [3.8, 4) is 0 Å². The third-order valence-electron chi connectivity index (χ3n) is 4.74. The number of hydrogen-bond donors (Lipinski definition) is 0. The molecule has 18 heavy (non-hydrogen) atoms. The molecule has 0 N–H and O–H groups in total. The number of nitrogens with zero attached hydrogens (tertiary/aromatic N) is 2. The highest BCUT2D eigenvalue weighted by atomic mass is 15.2. The lowest BCUT2D eigenvalue weighted by Gasteiger charge is -2.23. The molecule has 0 bridgehead atoms. The fourth-order valence-electron chi connectivity index (χ4n) is 3.78. The molecule has 2 nitrogen and oxygen atoms in total. The van der Waals surface area contributed by atoms with E-state index in [2.05, 4.69) is 37.5 Å². The minimum atomic E-state index is 0.738. The van der Waals surface area contributed by atoms with Crippen molar-refractivity contribution in [3.05, 3.63) is 0 Å². The normalized spacial score (nSPS) is 31.0. The summed E-state index contributed by atoms with van der Waals surface area (Å²) >= 11 is 0. The van der Waals surface area contributed by atoms with Gasteiger partial charge in [0.25, 0.3) is 0 Å². The molecule has 0 aromatic rings. The molecule has 0 aromatic carbocycles. The molecule has 2 atom stereocenters. The molecule has 0 radical (unpaired) electrons. The van der Waals surface area contributed by atoms with E-state index < -0.39 is 0 Å². The second-order valence-corrected chi connectivity index (χ2v) is 7.29. The van der Waals surface area contributed by atoms with Gasteiger partial charge < -0.3 is 9.80 Å². The van der Waals surface area contributed by atoms with Crippen molar-refractivity contribution >= 4 is 0 Å². The quantitative estimate of drug-likeness (QED) is 0.742. The van der Waals surface area contributed by atoms with Crippen molar-refractivity contribution < 1.29 is 0 Å². The van der Waals surface area contributed by atoms with Crippen LogP contribution in [-0.4, -0.2) is 48.6 Å². The molecule has 0 saturated carbocycles. The molecule has 106 valence electrons. The van der Waals surface area contributed by atoms with E-state index in [4.69, 9.17) is 0 Å². The molecular weight excluding hydrogens is 220 g/mol. The fraction of sp³-hybridized carbons (Fsp3) is 1.00. The Morgan fingerprint density at radius 1 is 0.944 bits per heavy atom. The Bertz CT molecular complexity index is 249. The molecule has 1 unspecified atom stereocenters. The summed E-state index contributed by atoms with van der Waals surface area (Å²) in [7, 11) is 0. The summed E-state index contributed by atoms with van der Waals surface area (Å²) < 4.78 is 0. The van der Waals surface area contributed by atoms with Gasteiger partial charge in [0.15, 0.2) is 0 Å². The van der Waals surface area contributed by atoms with Gasteiger partial charge in [0.1, 0.15) is 0 Å². The van der Waals surface area contributed by atoms with Crippen molar-refractivity contribution in [3.63, 3.8) is 0 Å². The minimum Gasteiger partial charge on any atom is -0.303 e. The zero-order valence-electron chi connectivity index (χ0n) is 12.9. The van der Waals surface area contributed by atoms with Crippen LogP contribution in [0.5, 0.6) is 0 Å². The Balaban J connectivity index is 1.69. The van der Waals surface area contributed by atoms with Gasteiger partial charge in [-0.1, -0.05) is 13.8 Å². The second-order valence-electron chi connectivity index (χ2n) is 7.29. The van der Waals surface area contributed by atoms with E-state index >= 15 is 0 Å². The third kappa shape index (κ3) is 3.96. The summed E-state index contributed by atoms with van der Waals surface area (Å²) in [5.41, 5.74) is 0. The van der Waals surface area contributed by atoms with Crippen LogP contribution in [0.1, 0.15) is 47.0 Å². The minimum absolute atomic E-state index is 0.738. The maximum absolute atomic E-state index is 2.74. The highest BCUT2D eigenvalue weighted by Gasteiger charge is 2.29. The monoisotopic (exact) mass is 252 g/mol. The van der Waals surface area contributed by atoms with Crippen LogP contribution in [-0.2, 0) is 0 Å². The first-order chi connectivity index (χ1) is 8.54. The number of likely N-dealkylation sites (tertiary alicyclic amines) is 2. The van der Waals surface area contributed by atoms with Crippen LogP contribution in [0.4, 0.5) is 0 Å². The number of hydrogen-bond acceptors (Lipinski definition) is 2. The first-order valence-corrected chi connectivity index (χ1v) is 8.01. The van der Waals surface area contributed by atoms with Crippen LogP contribution in [0.3, 0.4) is 0 Å². The SMILES string of the molecule is CC(C)CC1CCN(C[C@H]2CCN(C(C)C)C2)C1. The summed E-state index contributed by atoms with van der Waals surface area (Å²) in [5, 5.41) is 0. The summed E-state index contributed by atoms with van der Waals surface area (Å²) in [5.74, 6) is 2.79. The van der Waals surface area contributed by atoms with E-state index in [1.807, 2.05) is 0 Å². The zero-order valence-corrected chi connectivity index (χ0v) is 12.9. The van der Waals surface area contributed by atoms with E-state index in [0.29, 0.717) is 0 Å². The molecule has 0 amide bonds. The molecule has 2 rings (SSSR count). The summed E-state index contributed by atoms with van der Waals surface area (Å²) in [4.78, 5) is 5.38. The van der Waals surface area contributed by atoms with Crippen molar-refractivity contribution in [1.82, 2.24) is 9.80 Å². The summed E-state index contributed by atoms with van der Waals surface area (Å²) in [6.07, 6.45) is 4.29. The van der Waals surface area contributed by atoms with Gasteiger partial charge >= 0.3 is 0 Å². The number of rotatable bonds is 5. The molecular formula is C16H32N2. The Hall–Kier alpha value is -0.0800. The van der Waals surface area contributed by atoms with E-state index in [-0.39, 0.29) is 0 Å². The van der Waals surface area contributed by atoms with E-state index in [0.717, 1.165) is 23.8 Å². The van der Waals surface area contributed by atoms with E-state index in [1.54, 1.807) is 0 Å². The molecule has 2 heteroatoms. The molecule has 0 spiro atoms. The fourth-order valence-corrected chi connectivity index (χ4v) is 3.78. The largest absolute Gasteiger partial charge is 0.303 e. The molecule has 2 saturated heterocycles. The van der Waals surface area contributed by atoms with Crippen LogP contribution in [0, 0.1) is 17.8 Å². The van der Waals surface area contributed by atoms with Gasteiger partial charge in [0, 0.05) is 25.7 Å². The van der Waals surface area contributed by atoms with Gasteiger partial charge in [-0.15, -0.1) is 0 Å². The van der Waals surface area contributed by atoms with Crippen LogP contribution in [0.15, 0.2) is 0 Å². The maximum Gasteiger partial charge on any atom is 0.00387 e. The Kier molecular flexibility index (Phi) is 5.08. The Labute approximate surface area is 114 Å². The molecule has 2 aliphatic heterocycles. The molecule has 2 fully saturated rings. The van der Waals surface area contributed by atoms with Crippen molar-refractivity contribution in [1.29, 1.82) is 0 Å². The predicted molar refractivity (Wildman–Crippen MR) is 78.8 cm³/mol. The first kappa shape index (κ1) is 14.3. The topological polar surface area (TPSA) is 6.48 Å². The molecule has 0 aliphatic carbocycles. The standard InChI is InChI=1S/C16H32N2/c1-13(2)9-15-5-7-17(10-15)11-16-6-8-18(12-16)14(3)4/h13-16H,5-12H2,1-4H3/t15?,16-/m1/s1. The van der Waals surface area contributed by atoms with Crippen molar-refractivity contribution in [2.75, 3.05) is 32.7 Å². The van der Waals surface area contributed by atoms with Crippen LogP contribution in [0.2, 0.25) is 0 Å². The molecule has 0 aromatic heterocycles. The van der Waals surface area contributed by atoms with Crippen molar-refractivity contribution in [2.24, 2.45) is 17.8 Å². The Morgan fingerprint density at radius 3 is 2.28 bits per heavy atom. The highest BCUT2D eigenvalue weighted by Crippen LogP contribution is 2.26. The molecule has 2 heterocycles. The lowest BCUT2D eigenvalue weighted by Crippen LogP contribution is -2.32. The summed E-state index contributed by atoms with van der Waals surface area (Å²) in [6, 6.07) is 0.738. The average molecular weight is 252 g/mol. The smallest absolute Gasteiger partial charge is 0.00387 e. The average Bonchev–Trinajstić information content (AvgIpc) is 2.88. The third-order valence-corrected chi connectivity index (χ3v) is 4.74. The van der Waals surface area contributed by atoms with Crippen molar-refractivity contribution in [2.45, 2.75) is 53.0 Å². The van der Waals surface area contributed by atoms with Gasteiger partial charge in [-0.25, -0.2) is 0 Å². The van der Waals surface area contributed by atoms with Crippen LogP contribution in [0.25, 0.3) is 0 Å². The first-order valence-electron chi connectivity index (χ1n) is 8.01. The summed E-state index contributed by atoms with van der Waals surface area (Å²) in [6.45, 7) is 16.1. The van der Waals surface area contributed by atoms with Crippen LogP contribution >= 0.6 is 0 Å². The van der Waals surface area contributed by atoms with Gasteiger partial charge in [0.2, 0.25) is 0 Å². The van der Waals surface area contributed by atoms with Gasteiger partial charge in [-0.3, -0.25) is 0 Å². The maximum atomic E-state index is 2.74. The highest BCUT2D eigenvalue weighted by molar-refractivity contribution is 4.83. The Morgan fingerprint density at radius 2 is 1.67 bits per heavy atom. The predicted octanol–water partition coefficient (Wildman–Crippen LogP) is 3.08. The van der Waals surface area contributed by atoms with Crippen LogP contribution < -0.4 is 0 Å².